The molecule has 0 bridgehead atoms. The van der Waals surface area contributed by atoms with Crippen LogP contribution in [-0.4, -0.2) is 37.6 Å². The standard InChI is InChI=1S/C26H23ClN6O2/c1-17-25-23(19-6-8-22(35-2)9-7-19)10-11-28-26(25)33(31-17)16-24(34)30-21-13-29-32(15-21)14-18-4-3-5-20(27)12-18/h3-13,15H,14,16H2,1-2H3,(H,30,34). The van der Waals surface area contributed by atoms with Gasteiger partial charge in [0.1, 0.15) is 12.3 Å². The normalized spacial score (nSPS) is 11.1. The molecule has 3 heterocycles. The number of fused-ring (bicyclic) bond motifs is 1. The summed E-state index contributed by atoms with van der Waals surface area (Å²) in [5, 5.41) is 13.4. The zero-order valence-corrected chi connectivity index (χ0v) is 20.0. The highest BCUT2D eigenvalue weighted by atomic mass is 35.5. The number of nitrogens with one attached hydrogen (secondary N) is 1. The van der Waals surface area contributed by atoms with E-state index in [4.69, 9.17) is 16.3 Å². The van der Waals surface area contributed by atoms with Crippen LogP contribution in [0.25, 0.3) is 22.2 Å². The zero-order valence-electron chi connectivity index (χ0n) is 19.3. The van der Waals surface area contributed by atoms with Crippen LogP contribution in [-0.2, 0) is 17.9 Å². The topological polar surface area (TPSA) is 86.9 Å². The van der Waals surface area contributed by atoms with Gasteiger partial charge in [0, 0.05) is 22.8 Å². The largest absolute Gasteiger partial charge is 0.497 e. The van der Waals surface area contributed by atoms with Gasteiger partial charge in [0.25, 0.3) is 0 Å². The Morgan fingerprint density at radius 1 is 1.14 bits per heavy atom. The number of aryl methyl sites for hydroxylation is 1. The third kappa shape index (κ3) is 4.88. The predicted octanol–water partition coefficient (Wildman–Crippen LogP) is 4.95. The second-order valence-corrected chi connectivity index (χ2v) is 8.57. The highest BCUT2D eigenvalue weighted by Gasteiger charge is 2.16. The molecular formula is C26H23ClN6O2. The van der Waals surface area contributed by atoms with Crippen molar-refractivity contribution in [3.05, 3.63) is 89.5 Å². The number of hydrogen-bond acceptors (Lipinski definition) is 5. The minimum Gasteiger partial charge on any atom is -0.497 e. The molecule has 0 aliphatic heterocycles. The summed E-state index contributed by atoms with van der Waals surface area (Å²) in [6, 6.07) is 17.4. The van der Waals surface area contributed by atoms with Gasteiger partial charge in [0.2, 0.25) is 5.91 Å². The van der Waals surface area contributed by atoms with Crippen LogP contribution in [0.2, 0.25) is 5.02 Å². The minimum absolute atomic E-state index is 0.0306. The van der Waals surface area contributed by atoms with Crippen LogP contribution >= 0.6 is 11.6 Å². The summed E-state index contributed by atoms with van der Waals surface area (Å²) in [5.74, 6) is 0.576. The first-order valence-electron chi connectivity index (χ1n) is 11.0. The van der Waals surface area contributed by atoms with Crippen LogP contribution in [0.5, 0.6) is 5.75 Å². The Hall–Kier alpha value is -4.17. The number of carbonyl (C=O) groups excluding carboxylic acids is 1. The minimum atomic E-state index is -0.214. The van der Waals surface area contributed by atoms with Gasteiger partial charge in [-0.3, -0.25) is 9.48 Å². The molecule has 0 aliphatic carbocycles. The third-order valence-corrected chi connectivity index (χ3v) is 5.89. The summed E-state index contributed by atoms with van der Waals surface area (Å²) in [5.41, 5.74) is 5.12. The van der Waals surface area contributed by atoms with Gasteiger partial charge in [0.05, 0.1) is 31.2 Å². The summed E-state index contributed by atoms with van der Waals surface area (Å²) >= 11 is 6.06. The fraction of sp³-hybridized carbons (Fsp3) is 0.154. The number of carbonyl (C=O) groups is 1. The van der Waals surface area contributed by atoms with E-state index >= 15 is 0 Å². The number of aromatic nitrogens is 5. The van der Waals surface area contributed by atoms with Crippen LogP contribution < -0.4 is 10.1 Å². The molecular weight excluding hydrogens is 464 g/mol. The first kappa shape index (κ1) is 22.6. The van der Waals surface area contributed by atoms with Crippen LogP contribution in [0.15, 0.2) is 73.2 Å². The predicted molar refractivity (Wildman–Crippen MR) is 136 cm³/mol. The monoisotopic (exact) mass is 486 g/mol. The molecule has 0 saturated carbocycles. The Bertz CT molecular complexity index is 1510. The molecule has 8 nitrogen and oxygen atoms in total. The van der Waals surface area contributed by atoms with Crippen molar-refractivity contribution < 1.29 is 9.53 Å². The van der Waals surface area contributed by atoms with Crippen LogP contribution in [0, 0.1) is 6.92 Å². The molecule has 9 heteroatoms. The Labute approximate surface area is 207 Å². The van der Waals surface area contributed by atoms with E-state index in [1.54, 1.807) is 35.1 Å². The van der Waals surface area contributed by atoms with E-state index in [-0.39, 0.29) is 12.5 Å². The van der Waals surface area contributed by atoms with Crippen molar-refractivity contribution in [3.63, 3.8) is 0 Å². The van der Waals surface area contributed by atoms with Gasteiger partial charge in [-0.1, -0.05) is 35.9 Å². The van der Waals surface area contributed by atoms with Crippen LogP contribution in [0.3, 0.4) is 0 Å². The lowest BCUT2D eigenvalue weighted by Crippen LogP contribution is -2.19. The average molecular weight is 487 g/mol. The van der Waals surface area contributed by atoms with Gasteiger partial charge < -0.3 is 10.1 Å². The maximum atomic E-state index is 12.8. The molecule has 5 aromatic rings. The molecule has 5 rings (SSSR count). The summed E-state index contributed by atoms with van der Waals surface area (Å²) in [6.45, 7) is 2.51. The lowest BCUT2D eigenvalue weighted by atomic mass is 10.0. The van der Waals surface area contributed by atoms with Crippen molar-refractivity contribution in [2.75, 3.05) is 12.4 Å². The third-order valence-electron chi connectivity index (χ3n) is 5.65. The Morgan fingerprint density at radius 2 is 1.97 bits per heavy atom. The Kier molecular flexibility index (Phi) is 6.20. The van der Waals surface area contributed by atoms with Crippen LogP contribution in [0.4, 0.5) is 5.69 Å². The SMILES string of the molecule is COc1ccc(-c2ccnc3c2c(C)nn3CC(=O)Nc2cnn(Cc3cccc(Cl)c3)c2)cc1. The van der Waals surface area contributed by atoms with Crippen molar-refractivity contribution in [2.45, 2.75) is 20.0 Å². The molecule has 35 heavy (non-hydrogen) atoms. The Balaban J connectivity index is 1.33. The summed E-state index contributed by atoms with van der Waals surface area (Å²) in [4.78, 5) is 17.3. The zero-order chi connectivity index (χ0) is 24.4. The van der Waals surface area contributed by atoms with E-state index in [1.165, 1.54) is 0 Å². The molecule has 0 atom stereocenters. The number of nitrogens with zero attached hydrogens (tertiary/aromatic N) is 5. The first-order valence-corrected chi connectivity index (χ1v) is 11.4. The van der Waals surface area contributed by atoms with Crippen LogP contribution in [0.1, 0.15) is 11.3 Å². The molecule has 1 N–H and O–H groups in total. The number of benzene rings is 2. The lowest BCUT2D eigenvalue weighted by molar-refractivity contribution is -0.116. The summed E-state index contributed by atoms with van der Waals surface area (Å²) < 4.78 is 8.64. The molecule has 0 radical (unpaired) electrons. The number of amides is 1. The van der Waals surface area contributed by atoms with E-state index in [2.05, 4.69) is 20.5 Å². The second kappa shape index (κ2) is 9.60. The number of halogens is 1. The van der Waals surface area contributed by atoms with E-state index in [0.29, 0.717) is 22.9 Å². The Morgan fingerprint density at radius 3 is 2.74 bits per heavy atom. The molecule has 0 saturated heterocycles. The highest BCUT2D eigenvalue weighted by Crippen LogP contribution is 2.31. The van der Waals surface area contributed by atoms with E-state index in [0.717, 1.165) is 33.5 Å². The van der Waals surface area contributed by atoms with Gasteiger partial charge >= 0.3 is 0 Å². The number of anilines is 1. The molecule has 2 aromatic carbocycles. The highest BCUT2D eigenvalue weighted by molar-refractivity contribution is 6.30. The molecule has 0 spiro atoms. The fourth-order valence-corrected chi connectivity index (χ4v) is 4.29. The van der Waals surface area contributed by atoms with Gasteiger partial charge in [-0.15, -0.1) is 0 Å². The number of ether oxygens (including phenoxy) is 1. The van der Waals surface area contributed by atoms with E-state index in [9.17, 15) is 4.79 Å². The number of rotatable bonds is 7. The quantitative estimate of drug-likeness (QED) is 0.351. The number of hydrogen-bond donors (Lipinski definition) is 1. The van der Waals surface area contributed by atoms with Gasteiger partial charge in [-0.2, -0.15) is 10.2 Å². The molecule has 0 unspecified atom stereocenters. The summed E-state index contributed by atoms with van der Waals surface area (Å²) in [6.07, 6.45) is 5.14. The maximum Gasteiger partial charge on any atom is 0.246 e. The average Bonchev–Trinajstić information content (AvgIpc) is 3.42. The van der Waals surface area contributed by atoms with Crippen molar-refractivity contribution in [1.29, 1.82) is 0 Å². The van der Waals surface area contributed by atoms with E-state index in [1.807, 2.05) is 61.5 Å². The van der Waals surface area contributed by atoms with Crippen molar-refractivity contribution >= 4 is 34.2 Å². The molecule has 0 fully saturated rings. The van der Waals surface area contributed by atoms with Gasteiger partial charge in [-0.25, -0.2) is 9.67 Å². The van der Waals surface area contributed by atoms with Crippen molar-refractivity contribution in [1.82, 2.24) is 24.5 Å². The molecule has 1 amide bonds. The second-order valence-electron chi connectivity index (χ2n) is 8.13. The molecule has 0 aliphatic rings. The molecule has 3 aromatic heterocycles. The smallest absolute Gasteiger partial charge is 0.246 e. The van der Waals surface area contributed by atoms with Gasteiger partial charge in [0.15, 0.2) is 5.65 Å². The van der Waals surface area contributed by atoms with Crippen molar-refractivity contribution in [3.8, 4) is 16.9 Å². The maximum absolute atomic E-state index is 12.8. The van der Waals surface area contributed by atoms with Gasteiger partial charge in [-0.05, 0) is 53.9 Å². The van der Waals surface area contributed by atoms with E-state index < -0.39 is 0 Å². The number of pyridine rings is 1. The summed E-state index contributed by atoms with van der Waals surface area (Å²) in [7, 11) is 1.64. The fourth-order valence-electron chi connectivity index (χ4n) is 4.08. The first-order chi connectivity index (χ1) is 17.0. The number of methoxy groups -OCH3 is 1. The van der Waals surface area contributed by atoms with Crippen molar-refractivity contribution in [2.24, 2.45) is 0 Å². The lowest BCUT2D eigenvalue weighted by Gasteiger charge is -2.07. The molecule has 176 valence electrons.